The second-order valence-corrected chi connectivity index (χ2v) is 7.41. The van der Waals surface area contributed by atoms with Crippen molar-refractivity contribution in [3.63, 3.8) is 0 Å². The van der Waals surface area contributed by atoms with Crippen LogP contribution >= 0.6 is 11.3 Å². The lowest BCUT2D eigenvalue weighted by Crippen LogP contribution is -2.37. The van der Waals surface area contributed by atoms with Crippen LogP contribution in [0, 0.1) is 6.92 Å². The van der Waals surface area contributed by atoms with E-state index >= 15 is 0 Å². The number of carbonyl (C=O) groups is 2. The molecule has 6 nitrogen and oxygen atoms in total. The number of nitrogens with one attached hydrogen (secondary N) is 2. The molecule has 3 amide bonds. The minimum absolute atomic E-state index is 0.133. The zero-order valence-electron chi connectivity index (χ0n) is 15.1. The number of carbonyl (C=O) groups excluding carboxylic acids is 2. The molecular formula is C20H22N4O2S. The van der Waals surface area contributed by atoms with E-state index in [-0.39, 0.29) is 12.3 Å². The zero-order chi connectivity index (χ0) is 19.2. The zero-order valence-corrected chi connectivity index (χ0v) is 15.9. The Morgan fingerprint density at radius 2 is 1.89 bits per heavy atom. The third-order valence-corrected chi connectivity index (χ3v) is 5.37. The maximum Gasteiger partial charge on any atom is 0.312 e. The number of nitrogens with two attached hydrogens (primary N) is 1. The van der Waals surface area contributed by atoms with Gasteiger partial charge in [-0.15, -0.1) is 11.3 Å². The van der Waals surface area contributed by atoms with Crippen LogP contribution in [0.5, 0.6) is 0 Å². The normalized spacial score (nSPS) is 11.9. The van der Waals surface area contributed by atoms with Crippen LogP contribution in [0.4, 0.5) is 4.79 Å². The number of thiazole rings is 1. The van der Waals surface area contributed by atoms with Crippen molar-refractivity contribution >= 4 is 33.5 Å². The largest absolute Gasteiger partial charge is 0.356 e. The lowest BCUT2D eigenvalue weighted by molar-refractivity contribution is -0.121. The number of urea groups is 1. The van der Waals surface area contributed by atoms with Crippen molar-refractivity contribution in [1.82, 2.24) is 15.6 Å². The predicted octanol–water partition coefficient (Wildman–Crippen LogP) is 3.06. The number of benzene rings is 2. The van der Waals surface area contributed by atoms with Crippen LogP contribution in [0.1, 0.15) is 28.6 Å². The second-order valence-electron chi connectivity index (χ2n) is 6.30. The van der Waals surface area contributed by atoms with Crippen LogP contribution in [0.15, 0.2) is 48.5 Å². The van der Waals surface area contributed by atoms with Crippen molar-refractivity contribution < 1.29 is 9.59 Å². The molecule has 7 heteroatoms. The summed E-state index contributed by atoms with van der Waals surface area (Å²) in [7, 11) is 0. The summed E-state index contributed by atoms with van der Waals surface area (Å²) in [5.41, 5.74) is 8.15. The third kappa shape index (κ3) is 5.04. The van der Waals surface area contributed by atoms with Crippen LogP contribution in [-0.2, 0) is 11.2 Å². The number of hydrogen-bond acceptors (Lipinski definition) is 4. The molecule has 2 aromatic carbocycles. The van der Waals surface area contributed by atoms with Gasteiger partial charge in [0.25, 0.3) is 0 Å². The van der Waals surface area contributed by atoms with E-state index in [9.17, 15) is 9.59 Å². The van der Waals surface area contributed by atoms with Gasteiger partial charge < -0.3 is 16.4 Å². The minimum atomic E-state index is -0.648. The molecule has 3 aromatic rings. The number of primary amides is 1. The number of nitrogens with zero attached hydrogens (tertiary/aromatic N) is 1. The molecule has 0 aliphatic heterocycles. The fraction of sp³-hybridized carbons (Fsp3) is 0.250. The number of amides is 3. The summed E-state index contributed by atoms with van der Waals surface area (Å²) in [6.45, 7) is 2.44. The molecule has 0 radical (unpaired) electrons. The molecule has 0 saturated heterocycles. The molecule has 1 atom stereocenters. The summed E-state index contributed by atoms with van der Waals surface area (Å²) in [6.07, 6.45) is 0.803. The molecule has 0 saturated carbocycles. The molecule has 1 heterocycles. The van der Waals surface area contributed by atoms with Crippen molar-refractivity contribution in [2.24, 2.45) is 5.73 Å². The molecule has 1 aromatic heterocycles. The Morgan fingerprint density at radius 3 is 2.63 bits per heavy atom. The van der Waals surface area contributed by atoms with Crippen LogP contribution in [0.3, 0.4) is 0 Å². The first-order chi connectivity index (χ1) is 13.0. The fourth-order valence-electron chi connectivity index (χ4n) is 2.98. The standard InChI is InChI=1S/C20H22N4O2S/c1-13-6-2-3-7-14(13)16(24-20(21)26)12-18(25)22-11-10-19-23-15-8-4-5-9-17(15)27-19/h2-9,16H,10-12H2,1H3,(H,22,25)(H3,21,24,26). The molecule has 27 heavy (non-hydrogen) atoms. The highest BCUT2D eigenvalue weighted by atomic mass is 32.1. The number of para-hydroxylation sites is 1. The molecule has 0 aliphatic rings. The van der Waals surface area contributed by atoms with Gasteiger partial charge in [-0.3, -0.25) is 4.79 Å². The summed E-state index contributed by atoms with van der Waals surface area (Å²) in [5, 5.41) is 6.55. The average Bonchev–Trinajstić information content (AvgIpc) is 3.04. The van der Waals surface area contributed by atoms with Crippen LogP contribution in [-0.4, -0.2) is 23.5 Å². The first kappa shape index (κ1) is 18.8. The maximum atomic E-state index is 12.4. The van der Waals surface area contributed by atoms with Crippen LogP contribution < -0.4 is 16.4 Å². The number of aromatic nitrogens is 1. The second kappa shape index (κ2) is 8.64. The van der Waals surface area contributed by atoms with E-state index in [2.05, 4.69) is 15.6 Å². The van der Waals surface area contributed by atoms with Gasteiger partial charge in [0.2, 0.25) is 5.91 Å². The van der Waals surface area contributed by atoms with E-state index in [4.69, 9.17) is 5.73 Å². The van der Waals surface area contributed by atoms with Crippen LogP contribution in [0.25, 0.3) is 10.2 Å². The molecule has 0 fully saturated rings. The third-order valence-electron chi connectivity index (χ3n) is 4.27. The van der Waals surface area contributed by atoms with E-state index in [0.717, 1.165) is 26.4 Å². The van der Waals surface area contributed by atoms with E-state index < -0.39 is 12.1 Å². The highest BCUT2D eigenvalue weighted by Crippen LogP contribution is 2.22. The molecule has 0 spiro atoms. The Hall–Kier alpha value is -2.93. The van der Waals surface area contributed by atoms with E-state index in [1.807, 2.05) is 55.5 Å². The summed E-state index contributed by atoms with van der Waals surface area (Å²) in [6, 6.07) is 14.5. The summed E-state index contributed by atoms with van der Waals surface area (Å²) in [4.78, 5) is 28.3. The molecule has 0 bridgehead atoms. The number of fused-ring (bicyclic) bond motifs is 1. The SMILES string of the molecule is Cc1ccccc1C(CC(=O)NCCc1nc2ccccc2s1)NC(N)=O. The number of hydrogen-bond donors (Lipinski definition) is 3. The van der Waals surface area contributed by atoms with E-state index in [1.54, 1.807) is 11.3 Å². The highest BCUT2D eigenvalue weighted by Gasteiger charge is 2.18. The molecule has 1 unspecified atom stereocenters. The van der Waals surface area contributed by atoms with Gasteiger partial charge in [-0.25, -0.2) is 9.78 Å². The maximum absolute atomic E-state index is 12.4. The monoisotopic (exact) mass is 382 g/mol. The van der Waals surface area contributed by atoms with Gasteiger partial charge >= 0.3 is 6.03 Å². The van der Waals surface area contributed by atoms with Crippen molar-refractivity contribution in [2.45, 2.75) is 25.8 Å². The predicted molar refractivity (Wildman–Crippen MR) is 108 cm³/mol. The van der Waals surface area contributed by atoms with Gasteiger partial charge in [0.05, 0.1) is 27.7 Å². The Kier molecular flexibility index (Phi) is 6.03. The molecule has 4 N–H and O–H groups in total. The van der Waals surface area contributed by atoms with Gasteiger partial charge in [-0.1, -0.05) is 36.4 Å². The summed E-state index contributed by atoms with van der Waals surface area (Å²) >= 11 is 1.63. The van der Waals surface area contributed by atoms with E-state index in [1.165, 1.54) is 0 Å². The highest BCUT2D eigenvalue weighted by molar-refractivity contribution is 7.18. The molecule has 140 valence electrons. The van der Waals surface area contributed by atoms with Gasteiger partial charge in [0.1, 0.15) is 0 Å². The van der Waals surface area contributed by atoms with Gasteiger partial charge in [0.15, 0.2) is 0 Å². The Bertz CT molecular complexity index is 921. The topological polar surface area (TPSA) is 97.1 Å². The average molecular weight is 382 g/mol. The van der Waals surface area contributed by atoms with Crippen molar-refractivity contribution in [3.8, 4) is 0 Å². The smallest absolute Gasteiger partial charge is 0.312 e. The molecule has 0 aliphatic carbocycles. The summed E-state index contributed by atoms with van der Waals surface area (Å²) in [5.74, 6) is -0.141. The Morgan fingerprint density at radius 1 is 1.15 bits per heavy atom. The van der Waals surface area contributed by atoms with Crippen molar-refractivity contribution in [1.29, 1.82) is 0 Å². The lowest BCUT2D eigenvalue weighted by atomic mass is 9.98. The fourth-order valence-corrected chi connectivity index (χ4v) is 3.95. The lowest BCUT2D eigenvalue weighted by Gasteiger charge is -2.19. The van der Waals surface area contributed by atoms with Gasteiger partial charge in [0, 0.05) is 13.0 Å². The summed E-state index contributed by atoms with van der Waals surface area (Å²) < 4.78 is 1.14. The van der Waals surface area contributed by atoms with Crippen LogP contribution in [0.2, 0.25) is 0 Å². The van der Waals surface area contributed by atoms with Gasteiger partial charge in [-0.2, -0.15) is 0 Å². The molecule has 3 rings (SSSR count). The Balaban J connectivity index is 1.57. The quantitative estimate of drug-likeness (QED) is 0.586. The number of aryl methyl sites for hydroxylation is 1. The minimum Gasteiger partial charge on any atom is -0.356 e. The first-order valence-electron chi connectivity index (χ1n) is 8.75. The Labute approximate surface area is 161 Å². The van der Waals surface area contributed by atoms with Crippen molar-refractivity contribution in [2.75, 3.05) is 6.54 Å². The van der Waals surface area contributed by atoms with E-state index in [0.29, 0.717) is 13.0 Å². The first-order valence-corrected chi connectivity index (χ1v) is 9.57. The van der Waals surface area contributed by atoms with Gasteiger partial charge in [-0.05, 0) is 30.2 Å². The van der Waals surface area contributed by atoms with Crippen molar-refractivity contribution in [3.05, 3.63) is 64.7 Å². The molecular weight excluding hydrogens is 360 g/mol. The number of rotatable bonds is 7.